The number of hydrogen-bond acceptors (Lipinski definition) is 2. The molecular formula is C18H25ClN2O. The Morgan fingerprint density at radius 2 is 1.73 bits per heavy atom. The molecule has 1 heterocycles. The maximum absolute atomic E-state index is 12.6. The maximum Gasteiger partial charge on any atom is 0.230 e. The van der Waals surface area contributed by atoms with Crippen LogP contribution in [0.1, 0.15) is 44.1 Å². The highest BCUT2D eigenvalue weighted by Gasteiger charge is 2.50. The summed E-state index contributed by atoms with van der Waals surface area (Å²) >= 11 is 5.94. The van der Waals surface area contributed by atoms with E-state index in [1.165, 1.54) is 38.8 Å². The Morgan fingerprint density at radius 1 is 1.09 bits per heavy atom. The molecule has 0 spiro atoms. The SMILES string of the molecule is O=C(NCCN1CCCCCC1)C1(c2ccc(Cl)cc2)CC1. The highest BCUT2D eigenvalue weighted by atomic mass is 35.5. The fraction of sp³-hybridized carbons (Fsp3) is 0.611. The molecule has 1 amide bonds. The molecule has 0 bridgehead atoms. The van der Waals surface area contributed by atoms with Gasteiger partial charge in [0.2, 0.25) is 5.91 Å². The van der Waals surface area contributed by atoms with Crippen molar-refractivity contribution >= 4 is 17.5 Å². The Balaban J connectivity index is 1.50. The molecule has 1 aliphatic heterocycles. The summed E-state index contributed by atoms with van der Waals surface area (Å²) in [6.07, 6.45) is 7.19. The van der Waals surface area contributed by atoms with E-state index in [0.29, 0.717) is 0 Å². The van der Waals surface area contributed by atoms with Crippen molar-refractivity contribution in [2.45, 2.75) is 43.9 Å². The average molecular weight is 321 g/mol. The van der Waals surface area contributed by atoms with Crippen LogP contribution in [0.5, 0.6) is 0 Å². The number of likely N-dealkylation sites (tertiary alicyclic amines) is 1. The third kappa shape index (κ3) is 3.64. The third-order valence-corrected chi connectivity index (χ3v) is 5.25. The summed E-state index contributed by atoms with van der Waals surface area (Å²) in [6.45, 7) is 4.09. The van der Waals surface area contributed by atoms with E-state index in [1.54, 1.807) is 0 Å². The molecule has 0 atom stereocenters. The van der Waals surface area contributed by atoms with Gasteiger partial charge in [0.15, 0.2) is 0 Å². The van der Waals surface area contributed by atoms with E-state index in [1.807, 2.05) is 24.3 Å². The fourth-order valence-electron chi connectivity index (χ4n) is 3.40. The molecule has 1 N–H and O–H groups in total. The zero-order valence-electron chi connectivity index (χ0n) is 13.1. The van der Waals surface area contributed by atoms with Crippen LogP contribution < -0.4 is 5.32 Å². The van der Waals surface area contributed by atoms with Gasteiger partial charge >= 0.3 is 0 Å². The van der Waals surface area contributed by atoms with Crippen LogP contribution in [0.25, 0.3) is 0 Å². The lowest BCUT2D eigenvalue weighted by molar-refractivity contribution is -0.123. The molecule has 0 aromatic heterocycles. The Hall–Kier alpha value is -1.06. The summed E-state index contributed by atoms with van der Waals surface area (Å²) in [5.74, 6) is 0.185. The topological polar surface area (TPSA) is 32.3 Å². The monoisotopic (exact) mass is 320 g/mol. The van der Waals surface area contributed by atoms with Crippen LogP contribution in [0.2, 0.25) is 5.02 Å². The van der Waals surface area contributed by atoms with Gasteiger partial charge in [-0.15, -0.1) is 0 Å². The van der Waals surface area contributed by atoms with E-state index in [0.717, 1.165) is 36.5 Å². The van der Waals surface area contributed by atoms with Gasteiger partial charge in [-0.25, -0.2) is 0 Å². The first-order chi connectivity index (χ1) is 10.7. The van der Waals surface area contributed by atoms with Crippen LogP contribution in [0, 0.1) is 0 Å². The minimum absolute atomic E-state index is 0.185. The first kappa shape index (κ1) is 15.8. The molecule has 0 radical (unpaired) electrons. The highest BCUT2D eigenvalue weighted by molar-refractivity contribution is 6.30. The van der Waals surface area contributed by atoms with Crippen LogP contribution in [0.15, 0.2) is 24.3 Å². The molecule has 4 heteroatoms. The number of halogens is 1. The van der Waals surface area contributed by atoms with Crippen LogP contribution in [-0.4, -0.2) is 37.0 Å². The van der Waals surface area contributed by atoms with Crippen molar-refractivity contribution in [1.29, 1.82) is 0 Å². The molecule has 22 heavy (non-hydrogen) atoms. The Morgan fingerprint density at radius 3 is 2.32 bits per heavy atom. The quantitative estimate of drug-likeness (QED) is 0.902. The molecule has 2 aliphatic rings. The van der Waals surface area contributed by atoms with Gasteiger partial charge in [0.25, 0.3) is 0 Å². The summed E-state index contributed by atoms with van der Waals surface area (Å²) < 4.78 is 0. The Bertz CT molecular complexity index is 502. The van der Waals surface area contributed by atoms with E-state index < -0.39 is 0 Å². The molecule has 1 aromatic rings. The number of carbonyl (C=O) groups excluding carboxylic acids is 1. The number of amides is 1. The van der Waals surface area contributed by atoms with E-state index in [-0.39, 0.29) is 11.3 Å². The molecule has 1 saturated carbocycles. The van der Waals surface area contributed by atoms with Crippen molar-refractivity contribution < 1.29 is 4.79 Å². The Kier molecular flexibility index (Phi) is 5.04. The minimum Gasteiger partial charge on any atom is -0.354 e. The van der Waals surface area contributed by atoms with Crippen LogP contribution in [0.3, 0.4) is 0 Å². The third-order valence-electron chi connectivity index (χ3n) is 4.99. The fourth-order valence-corrected chi connectivity index (χ4v) is 3.52. The average Bonchev–Trinajstić information content (AvgIpc) is 3.33. The van der Waals surface area contributed by atoms with Crippen LogP contribution in [-0.2, 0) is 10.2 Å². The van der Waals surface area contributed by atoms with Gasteiger partial charge in [0.1, 0.15) is 0 Å². The second kappa shape index (κ2) is 7.01. The molecule has 2 fully saturated rings. The van der Waals surface area contributed by atoms with Crippen LogP contribution in [0.4, 0.5) is 0 Å². The lowest BCUT2D eigenvalue weighted by atomic mass is 9.95. The molecular weight excluding hydrogens is 296 g/mol. The van der Waals surface area contributed by atoms with Crippen molar-refractivity contribution in [3.63, 3.8) is 0 Å². The standard InChI is InChI=1S/C18H25ClN2O/c19-16-7-5-15(6-8-16)18(9-10-18)17(22)20-11-14-21-12-3-1-2-4-13-21/h5-8H,1-4,9-14H2,(H,20,22). The summed E-state index contributed by atoms with van der Waals surface area (Å²) in [6, 6.07) is 7.73. The summed E-state index contributed by atoms with van der Waals surface area (Å²) in [4.78, 5) is 15.0. The molecule has 1 aromatic carbocycles. The molecule has 1 saturated heterocycles. The largest absolute Gasteiger partial charge is 0.354 e. The smallest absolute Gasteiger partial charge is 0.230 e. The zero-order valence-corrected chi connectivity index (χ0v) is 13.9. The summed E-state index contributed by atoms with van der Waals surface area (Å²) in [7, 11) is 0. The summed E-state index contributed by atoms with van der Waals surface area (Å²) in [5, 5.41) is 3.88. The van der Waals surface area contributed by atoms with Crippen molar-refractivity contribution in [2.24, 2.45) is 0 Å². The van der Waals surface area contributed by atoms with Gasteiger partial charge < -0.3 is 10.2 Å². The minimum atomic E-state index is -0.288. The molecule has 3 rings (SSSR count). The predicted octanol–water partition coefficient (Wildman–Crippen LogP) is 3.36. The second-order valence-electron chi connectivity index (χ2n) is 6.60. The molecule has 120 valence electrons. The van der Waals surface area contributed by atoms with E-state index in [2.05, 4.69) is 10.2 Å². The van der Waals surface area contributed by atoms with Crippen LogP contribution >= 0.6 is 11.6 Å². The highest BCUT2D eigenvalue weighted by Crippen LogP contribution is 2.48. The van der Waals surface area contributed by atoms with E-state index >= 15 is 0 Å². The first-order valence-corrected chi connectivity index (χ1v) is 8.85. The van der Waals surface area contributed by atoms with E-state index in [4.69, 9.17) is 11.6 Å². The number of carbonyl (C=O) groups is 1. The normalized spacial score (nSPS) is 21.1. The van der Waals surface area contributed by atoms with Crippen molar-refractivity contribution in [3.05, 3.63) is 34.9 Å². The van der Waals surface area contributed by atoms with Gasteiger partial charge in [-0.3, -0.25) is 4.79 Å². The van der Waals surface area contributed by atoms with Gasteiger partial charge in [0.05, 0.1) is 5.41 Å². The maximum atomic E-state index is 12.6. The predicted molar refractivity (Wildman–Crippen MR) is 90.3 cm³/mol. The lowest BCUT2D eigenvalue weighted by Crippen LogP contribution is -2.40. The first-order valence-electron chi connectivity index (χ1n) is 8.47. The van der Waals surface area contributed by atoms with Gasteiger partial charge in [-0.1, -0.05) is 36.6 Å². The second-order valence-corrected chi connectivity index (χ2v) is 7.04. The number of nitrogens with one attached hydrogen (secondary N) is 1. The molecule has 0 unspecified atom stereocenters. The van der Waals surface area contributed by atoms with Gasteiger partial charge in [-0.05, 0) is 56.5 Å². The summed E-state index contributed by atoms with van der Waals surface area (Å²) in [5.41, 5.74) is 0.813. The number of nitrogens with zero attached hydrogens (tertiary/aromatic N) is 1. The zero-order chi connectivity index (χ0) is 15.4. The van der Waals surface area contributed by atoms with Crippen molar-refractivity contribution in [1.82, 2.24) is 10.2 Å². The number of hydrogen-bond donors (Lipinski definition) is 1. The molecule has 3 nitrogen and oxygen atoms in total. The van der Waals surface area contributed by atoms with Gasteiger partial charge in [-0.2, -0.15) is 0 Å². The lowest BCUT2D eigenvalue weighted by Gasteiger charge is -2.21. The van der Waals surface area contributed by atoms with E-state index in [9.17, 15) is 4.79 Å². The molecule has 1 aliphatic carbocycles. The Labute approximate surface area is 138 Å². The number of rotatable bonds is 5. The van der Waals surface area contributed by atoms with Crippen molar-refractivity contribution in [3.8, 4) is 0 Å². The van der Waals surface area contributed by atoms with Crippen molar-refractivity contribution in [2.75, 3.05) is 26.2 Å². The number of benzene rings is 1. The van der Waals surface area contributed by atoms with Gasteiger partial charge in [0, 0.05) is 18.1 Å².